The molecule has 0 atom stereocenters. The van der Waals surface area contributed by atoms with Crippen LogP contribution in [0.1, 0.15) is 46.0 Å². The number of imidazole rings is 1. The number of aromatic amines is 2. The zero-order valence-electron chi connectivity index (χ0n) is 19.7. The normalized spacial score (nSPS) is 11.8. The number of hydrogen-bond donors (Lipinski definition) is 5. The summed E-state index contributed by atoms with van der Waals surface area (Å²) in [4.78, 5) is 36.8. The summed E-state index contributed by atoms with van der Waals surface area (Å²) in [7, 11) is 3.63. The Morgan fingerprint density at radius 3 is 2.30 bits per heavy atom. The average molecular weight is 462 g/mol. The third-order valence-corrected chi connectivity index (χ3v) is 4.35. The standard InChI is InChI=1S/C8H9N5O.C5H10.C4H7N3.C4H9NO2/c1-13(2-3-14)8-6-7(10-4-9-6)11-5-12-8;1-2-4-5-3-1;1-5-4-2-3-6-7-4;1-3(2)5-4(6)7/h3-5H,2H2,1H3,(H,9,10,11,12);1-5H2;2-3H,1H3,(H2,5,6,7);3,5H,1-2H3,(H,6,7). The summed E-state index contributed by atoms with van der Waals surface area (Å²) in [6.07, 6.45) is 12.0. The topological polar surface area (TPSA) is 165 Å². The second-order valence-electron chi connectivity index (χ2n) is 7.44. The fourth-order valence-electron chi connectivity index (χ4n) is 2.77. The highest BCUT2D eigenvalue weighted by molar-refractivity contribution is 5.83. The number of fused-ring (bicyclic) bond motifs is 1. The van der Waals surface area contributed by atoms with Gasteiger partial charge in [0.15, 0.2) is 11.5 Å². The number of aldehydes is 1. The van der Waals surface area contributed by atoms with Crippen LogP contribution in [-0.2, 0) is 4.79 Å². The Labute approximate surface area is 193 Å². The van der Waals surface area contributed by atoms with Crippen molar-refractivity contribution in [2.75, 3.05) is 30.9 Å². The van der Waals surface area contributed by atoms with Gasteiger partial charge in [-0.2, -0.15) is 5.10 Å². The Balaban J connectivity index is 0.000000242. The number of aromatic nitrogens is 6. The number of amides is 1. The number of hydrogen-bond acceptors (Lipinski definition) is 8. The molecule has 1 aliphatic rings. The highest BCUT2D eigenvalue weighted by atomic mass is 16.4. The number of rotatable bonds is 5. The van der Waals surface area contributed by atoms with Crippen molar-refractivity contribution in [3.05, 3.63) is 24.9 Å². The predicted octanol–water partition coefficient (Wildman–Crippen LogP) is 3.05. The molecule has 0 aliphatic heterocycles. The second kappa shape index (κ2) is 16.0. The number of H-pyrrole nitrogens is 2. The molecule has 3 aromatic heterocycles. The molecule has 0 saturated heterocycles. The number of anilines is 2. The Morgan fingerprint density at radius 2 is 1.88 bits per heavy atom. The van der Waals surface area contributed by atoms with E-state index in [1.54, 1.807) is 38.3 Å². The molecule has 1 amide bonds. The van der Waals surface area contributed by atoms with Gasteiger partial charge in [0.1, 0.15) is 23.9 Å². The molecule has 0 spiro atoms. The molecule has 33 heavy (non-hydrogen) atoms. The molecule has 0 radical (unpaired) electrons. The minimum absolute atomic E-state index is 0.0255. The van der Waals surface area contributed by atoms with Crippen molar-refractivity contribution in [3.8, 4) is 0 Å². The molecule has 12 heteroatoms. The molecule has 3 aromatic rings. The summed E-state index contributed by atoms with van der Waals surface area (Å²) < 4.78 is 0. The van der Waals surface area contributed by atoms with Crippen LogP contribution in [0.5, 0.6) is 0 Å². The van der Waals surface area contributed by atoms with Crippen LogP contribution < -0.4 is 15.5 Å². The van der Waals surface area contributed by atoms with Crippen molar-refractivity contribution in [2.24, 2.45) is 0 Å². The van der Waals surface area contributed by atoms with Gasteiger partial charge in [-0.05, 0) is 19.9 Å². The van der Waals surface area contributed by atoms with E-state index in [9.17, 15) is 9.59 Å². The minimum atomic E-state index is -0.963. The van der Waals surface area contributed by atoms with Crippen LogP contribution in [0.4, 0.5) is 16.4 Å². The maximum Gasteiger partial charge on any atom is 0.404 e. The van der Waals surface area contributed by atoms with Gasteiger partial charge in [-0.1, -0.05) is 32.1 Å². The van der Waals surface area contributed by atoms with Gasteiger partial charge in [0.05, 0.1) is 19.1 Å². The van der Waals surface area contributed by atoms with Gasteiger partial charge in [-0.25, -0.2) is 19.7 Å². The monoisotopic (exact) mass is 461 g/mol. The highest BCUT2D eigenvalue weighted by Gasteiger charge is 2.09. The van der Waals surface area contributed by atoms with E-state index in [1.807, 2.05) is 13.1 Å². The van der Waals surface area contributed by atoms with Crippen LogP contribution in [0.2, 0.25) is 0 Å². The van der Waals surface area contributed by atoms with E-state index in [0.717, 1.165) is 17.6 Å². The molecule has 12 nitrogen and oxygen atoms in total. The molecule has 0 bridgehead atoms. The summed E-state index contributed by atoms with van der Waals surface area (Å²) in [5, 5.41) is 19.5. The van der Waals surface area contributed by atoms with E-state index < -0.39 is 6.09 Å². The third-order valence-electron chi connectivity index (χ3n) is 4.35. The first-order valence-corrected chi connectivity index (χ1v) is 10.8. The molecule has 3 heterocycles. The van der Waals surface area contributed by atoms with E-state index in [0.29, 0.717) is 18.0 Å². The molecule has 182 valence electrons. The summed E-state index contributed by atoms with van der Waals surface area (Å²) in [6.45, 7) is 3.84. The molecule has 1 saturated carbocycles. The SMILES string of the molecule is C1CCCC1.CC(C)NC(=O)O.CN(CC=O)c1ncnc2nc[nH]c12.CNc1ccn[nH]1. The van der Waals surface area contributed by atoms with Gasteiger partial charge < -0.3 is 30.4 Å². The van der Waals surface area contributed by atoms with Crippen LogP contribution in [-0.4, -0.2) is 74.3 Å². The van der Waals surface area contributed by atoms with Crippen molar-refractivity contribution < 1.29 is 14.7 Å². The van der Waals surface area contributed by atoms with Crippen LogP contribution in [0.25, 0.3) is 11.2 Å². The number of carbonyl (C=O) groups is 2. The summed E-state index contributed by atoms with van der Waals surface area (Å²) >= 11 is 0. The zero-order valence-corrected chi connectivity index (χ0v) is 19.7. The van der Waals surface area contributed by atoms with Crippen molar-refractivity contribution >= 4 is 35.2 Å². The molecule has 1 fully saturated rings. The lowest BCUT2D eigenvalue weighted by molar-refractivity contribution is -0.106. The number of nitrogens with zero attached hydrogens (tertiary/aromatic N) is 5. The van der Waals surface area contributed by atoms with Gasteiger partial charge >= 0.3 is 6.09 Å². The quantitative estimate of drug-likeness (QED) is 0.359. The van der Waals surface area contributed by atoms with E-state index in [1.165, 1.54) is 38.4 Å². The molecule has 0 aromatic carbocycles. The first-order chi connectivity index (χ1) is 15.9. The lowest BCUT2D eigenvalue weighted by Crippen LogP contribution is -2.27. The van der Waals surface area contributed by atoms with E-state index in [4.69, 9.17) is 5.11 Å². The average Bonchev–Trinajstić information content (AvgIpc) is 3.57. The van der Waals surface area contributed by atoms with Gasteiger partial charge in [-0.3, -0.25) is 5.10 Å². The Kier molecular flexibility index (Phi) is 13.3. The lowest BCUT2D eigenvalue weighted by atomic mass is 10.4. The number of carboxylic acid groups (broad SMARTS) is 1. The Bertz CT molecular complexity index is 901. The maximum absolute atomic E-state index is 10.4. The van der Waals surface area contributed by atoms with Gasteiger partial charge in [-0.15, -0.1) is 0 Å². The summed E-state index contributed by atoms with van der Waals surface area (Å²) in [5.41, 5.74) is 1.35. The maximum atomic E-state index is 10.4. The molecular weight excluding hydrogens is 426 g/mol. The van der Waals surface area contributed by atoms with E-state index in [2.05, 4.69) is 40.8 Å². The minimum Gasteiger partial charge on any atom is -0.465 e. The van der Waals surface area contributed by atoms with Crippen LogP contribution in [0.15, 0.2) is 24.9 Å². The van der Waals surface area contributed by atoms with Gasteiger partial charge in [0.2, 0.25) is 0 Å². The van der Waals surface area contributed by atoms with E-state index in [-0.39, 0.29) is 6.04 Å². The highest BCUT2D eigenvalue weighted by Crippen LogP contribution is 2.17. The third kappa shape index (κ3) is 11.5. The number of likely N-dealkylation sites (N-methyl/N-ethyl adjacent to an activating group) is 1. The van der Waals surface area contributed by atoms with Gasteiger partial charge in [0.25, 0.3) is 0 Å². The van der Waals surface area contributed by atoms with Crippen LogP contribution in [0, 0.1) is 0 Å². The summed E-state index contributed by atoms with van der Waals surface area (Å²) in [5.74, 6) is 1.62. The molecule has 1 aliphatic carbocycles. The first kappa shape index (κ1) is 27.3. The smallest absolute Gasteiger partial charge is 0.404 e. The fraction of sp³-hybridized carbons (Fsp3) is 0.524. The largest absolute Gasteiger partial charge is 0.465 e. The number of carbonyl (C=O) groups excluding carboxylic acids is 1. The molecule has 0 unspecified atom stereocenters. The molecule has 5 N–H and O–H groups in total. The van der Waals surface area contributed by atoms with Crippen molar-refractivity contribution in [2.45, 2.75) is 52.0 Å². The Morgan fingerprint density at radius 1 is 1.21 bits per heavy atom. The summed E-state index contributed by atoms with van der Waals surface area (Å²) in [6, 6.07) is 1.89. The zero-order chi connectivity index (χ0) is 24.5. The van der Waals surface area contributed by atoms with Crippen LogP contribution >= 0.6 is 0 Å². The fourth-order valence-corrected chi connectivity index (χ4v) is 2.77. The van der Waals surface area contributed by atoms with Crippen LogP contribution in [0.3, 0.4) is 0 Å². The second-order valence-corrected chi connectivity index (χ2v) is 7.44. The van der Waals surface area contributed by atoms with E-state index >= 15 is 0 Å². The number of nitrogens with one attached hydrogen (secondary N) is 4. The molecular formula is C21H35N9O3. The first-order valence-electron chi connectivity index (χ1n) is 10.8. The lowest BCUT2D eigenvalue weighted by Gasteiger charge is -2.14. The molecule has 4 rings (SSSR count). The van der Waals surface area contributed by atoms with Crippen molar-refractivity contribution in [1.82, 2.24) is 35.5 Å². The van der Waals surface area contributed by atoms with Crippen molar-refractivity contribution in [3.63, 3.8) is 0 Å². The van der Waals surface area contributed by atoms with Crippen molar-refractivity contribution in [1.29, 1.82) is 0 Å². The van der Waals surface area contributed by atoms with Gasteiger partial charge in [0, 0.05) is 20.1 Å². The predicted molar refractivity (Wildman–Crippen MR) is 129 cm³/mol. The Hall–Kier alpha value is -3.70.